The Bertz CT molecular complexity index is 189. The Morgan fingerprint density at radius 2 is 2.31 bits per heavy atom. The Morgan fingerprint density at radius 3 is 3.00 bits per heavy atom. The fourth-order valence-corrected chi connectivity index (χ4v) is 2.64. The van der Waals surface area contributed by atoms with Crippen LogP contribution in [0.25, 0.3) is 0 Å². The molecule has 2 heterocycles. The smallest absolute Gasteiger partial charge is 0.115 e. The van der Waals surface area contributed by atoms with Crippen LogP contribution in [0.4, 0.5) is 4.39 Å². The van der Waals surface area contributed by atoms with E-state index in [2.05, 4.69) is 4.84 Å². The van der Waals surface area contributed by atoms with Gasteiger partial charge in [-0.25, -0.2) is 10.3 Å². The van der Waals surface area contributed by atoms with Crippen molar-refractivity contribution < 1.29 is 14.3 Å². The number of rotatable bonds is 2. The second-order valence-electron chi connectivity index (χ2n) is 4.10. The van der Waals surface area contributed by atoms with E-state index in [0.717, 1.165) is 0 Å². The lowest BCUT2D eigenvalue weighted by molar-refractivity contribution is 0.0338. The number of hydrogen-bond donors (Lipinski definition) is 2. The van der Waals surface area contributed by atoms with Crippen LogP contribution in [0.3, 0.4) is 0 Å². The summed E-state index contributed by atoms with van der Waals surface area (Å²) in [7, 11) is 0. The van der Waals surface area contributed by atoms with Gasteiger partial charge in [0, 0.05) is 19.5 Å². The van der Waals surface area contributed by atoms with Crippen LogP contribution in [0.5, 0.6) is 0 Å². The summed E-state index contributed by atoms with van der Waals surface area (Å²) in [6.45, 7) is 1.26. The first-order valence-corrected chi connectivity index (χ1v) is 4.55. The molecule has 0 aromatic heterocycles. The van der Waals surface area contributed by atoms with Gasteiger partial charge >= 0.3 is 0 Å². The molecule has 76 valence electrons. The molecule has 0 saturated carbocycles. The maximum absolute atomic E-state index is 13.1. The van der Waals surface area contributed by atoms with Gasteiger partial charge in [-0.1, -0.05) is 0 Å². The van der Waals surface area contributed by atoms with Gasteiger partial charge in [-0.3, -0.25) is 4.90 Å². The lowest BCUT2D eigenvalue weighted by Gasteiger charge is -2.29. The molecule has 2 aliphatic rings. The largest absolute Gasteiger partial charge is 0.392 e. The van der Waals surface area contributed by atoms with Crippen LogP contribution in [-0.2, 0) is 4.84 Å². The van der Waals surface area contributed by atoms with E-state index in [0.29, 0.717) is 32.5 Å². The zero-order valence-corrected chi connectivity index (χ0v) is 7.45. The predicted molar refractivity (Wildman–Crippen MR) is 44.6 cm³/mol. The first-order valence-electron chi connectivity index (χ1n) is 4.55. The quantitative estimate of drug-likeness (QED) is 0.572. The van der Waals surface area contributed by atoms with Crippen LogP contribution in [0.15, 0.2) is 0 Å². The van der Waals surface area contributed by atoms with Crippen LogP contribution in [0.2, 0.25) is 0 Å². The van der Waals surface area contributed by atoms with E-state index in [-0.39, 0.29) is 11.6 Å². The molecule has 0 amide bonds. The average molecular weight is 190 g/mol. The van der Waals surface area contributed by atoms with Gasteiger partial charge in [-0.05, 0) is 6.42 Å². The van der Waals surface area contributed by atoms with Gasteiger partial charge in [0.15, 0.2) is 0 Å². The van der Waals surface area contributed by atoms with E-state index in [1.165, 1.54) is 0 Å². The minimum atomic E-state index is -0.803. The maximum Gasteiger partial charge on any atom is 0.115 e. The van der Waals surface area contributed by atoms with Crippen molar-refractivity contribution in [1.82, 2.24) is 4.90 Å². The van der Waals surface area contributed by atoms with Crippen LogP contribution in [-0.4, -0.2) is 47.5 Å². The number of aliphatic hydroxyl groups excluding tert-OH is 1. The van der Waals surface area contributed by atoms with Gasteiger partial charge in [0.2, 0.25) is 0 Å². The molecule has 3 atom stereocenters. The third kappa shape index (κ3) is 1.46. The summed E-state index contributed by atoms with van der Waals surface area (Å²) < 4.78 is 13.1. The van der Waals surface area contributed by atoms with Gasteiger partial charge in [0.1, 0.15) is 6.17 Å². The summed E-state index contributed by atoms with van der Waals surface area (Å²) >= 11 is 0. The maximum atomic E-state index is 13.1. The van der Waals surface area contributed by atoms with Crippen molar-refractivity contribution in [3.8, 4) is 0 Å². The Hall–Kier alpha value is -0.230. The van der Waals surface area contributed by atoms with Crippen LogP contribution in [0.1, 0.15) is 12.8 Å². The third-order valence-corrected chi connectivity index (χ3v) is 3.09. The third-order valence-electron chi connectivity index (χ3n) is 3.09. The predicted octanol–water partition coefficient (Wildman–Crippen LogP) is -0.576. The number of hydrogen-bond acceptors (Lipinski definition) is 4. The number of alkyl halides is 1. The van der Waals surface area contributed by atoms with Crippen LogP contribution < -0.4 is 5.90 Å². The van der Waals surface area contributed by atoms with Crippen LogP contribution in [0, 0.1) is 0 Å². The molecule has 2 saturated heterocycles. The van der Waals surface area contributed by atoms with Crippen molar-refractivity contribution in [1.29, 1.82) is 0 Å². The number of halogens is 1. The highest BCUT2D eigenvalue weighted by molar-refractivity contribution is 5.06. The van der Waals surface area contributed by atoms with Gasteiger partial charge in [0.05, 0.1) is 18.2 Å². The number of β-amino-alcohol motifs (C(OH)–C–C–N with tert-alkyl or cyclic N) is 1. The van der Waals surface area contributed by atoms with Crippen molar-refractivity contribution in [2.75, 3.05) is 19.7 Å². The Balaban J connectivity index is 2.11. The fourth-order valence-electron chi connectivity index (χ4n) is 2.64. The van der Waals surface area contributed by atoms with E-state index < -0.39 is 6.17 Å². The molecule has 0 aliphatic carbocycles. The molecule has 3 unspecified atom stereocenters. The SMILES string of the molecule is NOCC12CC(O)CN1CC(F)C2. The number of nitrogens with two attached hydrogens (primary N) is 1. The molecule has 0 aromatic carbocycles. The highest BCUT2D eigenvalue weighted by Gasteiger charge is 2.51. The summed E-state index contributed by atoms with van der Waals surface area (Å²) in [6, 6.07) is 0. The van der Waals surface area contributed by atoms with E-state index in [1.807, 2.05) is 4.90 Å². The summed E-state index contributed by atoms with van der Waals surface area (Å²) in [5.74, 6) is 5.02. The summed E-state index contributed by atoms with van der Waals surface area (Å²) in [5, 5.41) is 9.45. The number of fused-ring (bicyclic) bond motifs is 1. The molecule has 2 fully saturated rings. The van der Waals surface area contributed by atoms with E-state index >= 15 is 0 Å². The molecule has 5 heteroatoms. The Kier molecular flexibility index (Phi) is 2.27. The zero-order chi connectivity index (χ0) is 9.47. The standard InChI is InChI=1S/C8H15FN2O2/c9-6-1-8(5-13-10)2-7(12)4-11(8)3-6/h6-7,12H,1-5,10H2. The van der Waals surface area contributed by atoms with Crippen molar-refractivity contribution in [3.05, 3.63) is 0 Å². The molecule has 3 N–H and O–H groups in total. The van der Waals surface area contributed by atoms with Crippen molar-refractivity contribution in [2.24, 2.45) is 5.90 Å². The second-order valence-corrected chi connectivity index (χ2v) is 4.10. The van der Waals surface area contributed by atoms with Crippen molar-refractivity contribution in [2.45, 2.75) is 30.7 Å². The molecule has 13 heavy (non-hydrogen) atoms. The lowest BCUT2D eigenvalue weighted by atomic mass is 9.94. The highest BCUT2D eigenvalue weighted by Crippen LogP contribution is 2.39. The first kappa shape index (κ1) is 9.33. The van der Waals surface area contributed by atoms with E-state index in [9.17, 15) is 9.50 Å². The summed E-state index contributed by atoms with van der Waals surface area (Å²) in [5.41, 5.74) is -0.340. The Labute approximate surface area is 76.4 Å². The van der Waals surface area contributed by atoms with Crippen molar-refractivity contribution >= 4 is 0 Å². The molecule has 2 aliphatic heterocycles. The van der Waals surface area contributed by atoms with Gasteiger partial charge < -0.3 is 9.94 Å². The van der Waals surface area contributed by atoms with Gasteiger partial charge in [0.25, 0.3) is 0 Å². The zero-order valence-electron chi connectivity index (χ0n) is 7.45. The summed E-state index contributed by atoms with van der Waals surface area (Å²) in [4.78, 5) is 6.56. The van der Waals surface area contributed by atoms with Crippen LogP contribution >= 0.6 is 0 Å². The second kappa shape index (κ2) is 3.16. The number of aliphatic hydroxyl groups is 1. The molecule has 0 aromatic rings. The molecular weight excluding hydrogens is 175 g/mol. The topological polar surface area (TPSA) is 58.7 Å². The fraction of sp³-hybridized carbons (Fsp3) is 1.00. The van der Waals surface area contributed by atoms with Crippen molar-refractivity contribution in [3.63, 3.8) is 0 Å². The number of nitrogens with zero attached hydrogens (tertiary/aromatic N) is 1. The highest BCUT2D eigenvalue weighted by atomic mass is 19.1. The average Bonchev–Trinajstić information content (AvgIpc) is 2.40. The lowest BCUT2D eigenvalue weighted by Crippen LogP contribution is -2.43. The van der Waals surface area contributed by atoms with E-state index in [1.54, 1.807) is 0 Å². The minimum Gasteiger partial charge on any atom is -0.392 e. The molecule has 0 bridgehead atoms. The summed E-state index contributed by atoms with van der Waals surface area (Å²) in [6.07, 6.45) is -0.156. The van der Waals surface area contributed by atoms with Gasteiger partial charge in [-0.2, -0.15) is 0 Å². The molecule has 2 rings (SSSR count). The molecular formula is C8H15FN2O2. The molecule has 4 nitrogen and oxygen atoms in total. The van der Waals surface area contributed by atoms with Gasteiger partial charge in [-0.15, -0.1) is 0 Å². The van der Waals surface area contributed by atoms with E-state index in [4.69, 9.17) is 5.90 Å². The monoisotopic (exact) mass is 190 g/mol. The Morgan fingerprint density at radius 1 is 1.54 bits per heavy atom. The molecule has 0 radical (unpaired) electrons. The normalized spacial score (nSPS) is 45.5. The first-order chi connectivity index (χ1) is 6.16. The minimum absolute atomic E-state index is 0.310. The molecule has 0 spiro atoms.